The van der Waals surface area contributed by atoms with E-state index in [0.717, 1.165) is 31.3 Å². The van der Waals surface area contributed by atoms with Crippen LogP contribution in [0.5, 0.6) is 0 Å². The maximum atomic E-state index is 9.52. The van der Waals surface area contributed by atoms with E-state index in [0.29, 0.717) is 0 Å². The van der Waals surface area contributed by atoms with Gasteiger partial charge in [-0.3, -0.25) is 0 Å². The fraction of sp³-hybridized carbons (Fsp3) is 0.500. The van der Waals surface area contributed by atoms with Crippen molar-refractivity contribution in [3.63, 3.8) is 0 Å². The summed E-state index contributed by atoms with van der Waals surface area (Å²) in [6.45, 7) is 9.86. The Morgan fingerprint density at radius 3 is 2.90 bits per heavy atom. The third kappa shape index (κ3) is 4.48. The summed E-state index contributed by atoms with van der Waals surface area (Å²) in [7, 11) is -0.783. The summed E-state index contributed by atoms with van der Waals surface area (Å²) in [6.07, 6.45) is 9.61. The highest BCUT2D eigenvalue weighted by atomic mass is 16.5. The van der Waals surface area contributed by atoms with Crippen LogP contribution in [0.25, 0.3) is 0 Å². The van der Waals surface area contributed by atoms with E-state index < -0.39 is 7.12 Å². The summed E-state index contributed by atoms with van der Waals surface area (Å²) in [4.78, 5) is 0. The minimum absolute atomic E-state index is 0.0445. The van der Waals surface area contributed by atoms with Crippen LogP contribution in [-0.2, 0) is 9.39 Å². The van der Waals surface area contributed by atoms with Crippen LogP contribution in [0.15, 0.2) is 48.5 Å². The molecular formula is C16H23BO3. The molecule has 108 valence electrons. The van der Waals surface area contributed by atoms with Gasteiger partial charge in [-0.25, -0.2) is 0 Å². The SMILES string of the molecule is C=C[C@@H]1CC(=C)C[C@H](C/C=C/[C@@H]2CC(C)=CB(O)O2)O1. The fourth-order valence-electron chi connectivity index (χ4n) is 2.70. The van der Waals surface area contributed by atoms with Gasteiger partial charge in [0.1, 0.15) is 0 Å². The van der Waals surface area contributed by atoms with Crippen LogP contribution >= 0.6 is 0 Å². The zero-order valence-electron chi connectivity index (χ0n) is 12.1. The summed E-state index contributed by atoms with van der Waals surface area (Å²) < 4.78 is 11.3. The molecule has 0 aromatic heterocycles. The van der Waals surface area contributed by atoms with E-state index in [9.17, 15) is 5.02 Å². The van der Waals surface area contributed by atoms with Crippen molar-refractivity contribution in [2.24, 2.45) is 0 Å². The smallest absolute Gasteiger partial charge is 0.423 e. The van der Waals surface area contributed by atoms with E-state index in [4.69, 9.17) is 9.39 Å². The Morgan fingerprint density at radius 2 is 2.20 bits per heavy atom. The van der Waals surface area contributed by atoms with Gasteiger partial charge < -0.3 is 14.4 Å². The topological polar surface area (TPSA) is 38.7 Å². The molecule has 3 nitrogen and oxygen atoms in total. The molecule has 2 heterocycles. The minimum atomic E-state index is -0.783. The molecule has 0 unspecified atom stereocenters. The van der Waals surface area contributed by atoms with Crippen molar-refractivity contribution in [3.8, 4) is 0 Å². The lowest BCUT2D eigenvalue weighted by molar-refractivity contribution is -0.00347. The summed E-state index contributed by atoms with van der Waals surface area (Å²) in [6, 6.07) is 0. The molecule has 0 aromatic rings. The second kappa shape index (κ2) is 7.07. The molecule has 0 radical (unpaired) electrons. The van der Waals surface area contributed by atoms with Gasteiger partial charge in [-0.1, -0.05) is 41.9 Å². The molecule has 0 amide bonds. The van der Waals surface area contributed by atoms with Crippen molar-refractivity contribution in [2.45, 2.75) is 50.9 Å². The Morgan fingerprint density at radius 1 is 1.40 bits per heavy atom. The molecular weight excluding hydrogens is 251 g/mol. The van der Waals surface area contributed by atoms with Crippen LogP contribution in [0.2, 0.25) is 0 Å². The first-order valence-corrected chi connectivity index (χ1v) is 7.19. The Hall–Kier alpha value is -1.10. The summed E-state index contributed by atoms with van der Waals surface area (Å²) in [5.41, 5.74) is 2.38. The lowest BCUT2D eigenvalue weighted by atomic mass is 9.82. The van der Waals surface area contributed by atoms with Crippen molar-refractivity contribution < 1.29 is 14.4 Å². The second-order valence-corrected chi connectivity index (χ2v) is 5.64. The van der Waals surface area contributed by atoms with Gasteiger partial charge in [0.2, 0.25) is 0 Å². The standard InChI is InChI=1S/C16H23BO3/c1-4-14-8-12(2)9-15(19-14)6-5-7-16-10-13(3)11-17(18)20-16/h4-5,7,11,14-16,18H,1-2,6,8-10H2,3H3/b7-5+/t14-,15+,16-/m1/s1. The van der Waals surface area contributed by atoms with E-state index in [1.165, 1.54) is 5.57 Å². The zero-order chi connectivity index (χ0) is 14.5. The van der Waals surface area contributed by atoms with Gasteiger partial charge in [-0.2, -0.15) is 0 Å². The fourth-order valence-corrected chi connectivity index (χ4v) is 2.70. The van der Waals surface area contributed by atoms with E-state index in [1.54, 1.807) is 5.98 Å². The van der Waals surface area contributed by atoms with Gasteiger partial charge in [0.15, 0.2) is 0 Å². The Balaban J connectivity index is 1.82. The third-order valence-electron chi connectivity index (χ3n) is 3.65. The molecule has 0 aliphatic carbocycles. The predicted octanol–water partition coefficient (Wildman–Crippen LogP) is 2.98. The first kappa shape index (κ1) is 15.3. The van der Waals surface area contributed by atoms with Crippen molar-refractivity contribution in [1.82, 2.24) is 0 Å². The molecule has 0 aromatic carbocycles. The van der Waals surface area contributed by atoms with Gasteiger partial charge in [-0.05, 0) is 32.6 Å². The van der Waals surface area contributed by atoms with Crippen LogP contribution in [0, 0.1) is 0 Å². The number of hydrogen-bond acceptors (Lipinski definition) is 3. The van der Waals surface area contributed by atoms with Crippen LogP contribution in [0.3, 0.4) is 0 Å². The van der Waals surface area contributed by atoms with Crippen molar-refractivity contribution in [3.05, 3.63) is 48.5 Å². The molecule has 2 rings (SSSR count). The highest BCUT2D eigenvalue weighted by molar-refractivity contribution is 6.49. The Bertz CT molecular complexity index is 427. The largest absolute Gasteiger partial charge is 0.483 e. The highest BCUT2D eigenvalue weighted by Gasteiger charge is 2.23. The van der Waals surface area contributed by atoms with E-state index in [2.05, 4.69) is 19.2 Å². The minimum Gasteiger partial charge on any atom is -0.423 e. The first-order valence-electron chi connectivity index (χ1n) is 7.19. The first-order chi connectivity index (χ1) is 9.56. The van der Waals surface area contributed by atoms with Crippen LogP contribution < -0.4 is 0 Å². The molecule has 0 spiro atoms. The number of hydrogen-bond donors (Lipinski definition) is 1. The van der Waals surface area contributed by atoms with Gasteiger partial charge in [-0.15, -0.1) is 6.58 Å². The average Bonchev–Trinajstić information content (AvgIpc) is 2.37. The molecule has 3 atom stereocenters. The Kier molecular flexibility index (Phi) is 5.41. The summed E-state index contributed by atoms with van der Waals surface area (Å²) >= 11 is 0. The van der Waals surface area contributed by atoms with Crippen LogP contribution in [0.1, 0.15) is 32.6 Å². The molecule has 1 fully saturated rings. The highest BCUT2D eigenvalue weighted by Crippen LogP contribution is 2.26. The maximum absolute atomic E-state index is 9.52. The van der Waals surface area contributed by atoms with Crippen molar-refractivity contribution >= 4 is 7.12 Å². The van der Waals surface area contributed by atoms with Crippen LogP contribution in [0.4, 0.5) is 0 Å². The average molecular weight is 274 g/mol. The monoisotopic (exact) mass is 274 g/mol. The van der Waals surface area contributed by atoms with E-state index in [1.807, 2.05) is 19.1 Å². The molecule has 2 aliphatic heterocycles. The quantitative estimate of drug-likeness (QED) is 0.632. The lowest BCUT2D eigenvalue weighted by Crippen LogP contribution is -2.28. The van der Waals surface area contributed by atoms with Gasteiger partial charge in [0.05, 0.1) is 18.3 Å². The summed E-state index contributed by atoms with van der Waals surface area (Å²) in [5, 5.41) is 9.52. The predicted molar refractivity (Wildman–Crippen MR) is 82.2 cm³/mol. The molecule has 1 N–H and O–H groups in total. The summed E-state index contributed by atoms with van der Waals surface area (Å²) in [5.74, 6) is 1.74. The maximum Gasteiger partial charge on any atom is 0.483 e. The molecule has 0 bridgehead atoms. The molecule has 1 saturated heterocycles. The molecule has 2 aliphatic rings. The normalized spacial score (nSPS) is 31.5. The third-order valence-corrected chi connectivity index (χ3v) is 3.65. The molecule has 20 heavy (non-hydrogen) atoms. The van der Waals surface area contributed by atoms with Gasteiger partial charge in [0, 0.05) is 0 Å². The van der Waals surface area contributed by atoms with Crippen molar-refractivity contribution in [2.75, 3.05) is 0 Å². The number of ether oxygens (including phenoxy) is 1. The second-order valence-electron chi connectivity index (χ2n) is 5.64. The lowest BCUT2D eigenvalue weighted by Gasteiger charge is -2.29. The van der Waals surface area contributed by atoms with Gasteiger partial charge in [0.25, 0.3) is 0 Å². The van der Waals surface area contributed by atoms with Crippen LogP contribution in [-0.4, -0.2) is 30.5 Å². The molecule has 0 saturated carbocycles. The Labute approximate surface area is 121 Å². The zero-order valence-corrected chi connectivity index (χ0v) is 12.1. The van der Waals surface area contributed by atoms with Crippen molar-refractivity contribution in [1.29, 1.82) is 0 Å². The van der Waals surface area contributed by atoms with Gasteiger partial charge >= 0.3 is 7.12 Å². The molecule has 4 heteroatoms. The number of rotatable bonds is 4. The van der Waals surface area contributed by atoms with E-state index >= 15 is 0 Å². The van der Waals surface area contributed by atoms with E-state index in [-0.39, 0.29) is 18.3 Å².